The Morgan fingerprint density at radius 1 is 1.37 bits per heavy atom. The second-order valence-electron chi connectivity index (χ2n) is 7.76. The quantitative estimate of drug-likeness (QED) is 0.797. The highest BCUT2D eigenvalue weighted by atomic mass is 35.5. The molecular weight excluding hydrogens is 371 g/mol. The lowest BCUT2D eigenvalue weighted by Gasteiger charge is -2.36. The fourth-order valence-corrected chi connectivity index (χ4v) is 3.22. The van der Waals surface area contributed by atoms with E-state index >= 15 is 0 Å². The van der Waals surface area contributed by atoms with Gasteiger partial charge >= 0.3 is 6.03 Å². The fourth-order valence-electron chi connectivity index (χ4n) is 3.22. The Balaban J connectivity index is 0.00000364. The summed E-state index contributed by atoms with van der Waals surface area (Å²) < 4.78 is 13.7. The predicted octanol–water partition coefficient (Wildman–Crippen LogP) is 2.93. The van der Waals surface area contributed by atoms with E-state index in [9.17, 15) is 14.0 Å². The minimum Gasteiger partial charge on any atom is -0.345 e. The number of hydrogen-bond donors (Lipinski definition) is 2. The van der Waals surface area contributed by atoms with E-state index in [4.69, 9.17) is 5.73 Å². The molecule has 1 unspecified atom stereocenters. The molecule has 3 amide bonds. The number of carbonyl (C=O) groups excluding carboxylic acids is 2. The minimum absolute atomic E-state index is 0. The van der Waals surface area contributed by atoms with Gasteiger partial charge in [0, 0.05) is 26.7 Å². The Hall–Kier alpha value is -1.86. The first-order chi connectivity index (χ1) is 12.2. The summed E-state index contributed by atoms with van der Waals surface area (Å²) in [6, 6.07) is 5.67. The number of nitrogens with two attached hydrogens (primary N) is 1. The highest BCUT2D eigenvalue weighted by Crippen LogP contribution is 2.22. The van der Waals surface area contributed by atoms with E-state index in [2.05, 4.69) is 5.32 Å². The molecule has 1 aromatic carbocycles. The van der Waals surface area contributed by atoms with Gasteiger partial charge in [-0.2, -0.15) is 0 Å². The number of amides is 3. The van der Waals surface area contributed by atoms with Crippen molar-refractivity contribution in [1.29, 1.82) is 0 Å². The van der Waals surface area contributed by atoms with Crippen molar-refractivity contribution in [2.75, 3.05) is 38.5 Å². The molecule has 0 spiro atoms. The van der Waals surface area contributed by atoms with Crippen molar-refractivity contribution in [1.82, 2.24) is 9.80 Å². The molecule has 1 atom stereocenters. The van der Waals surface area contributed by atoms with Gasteiger partial charge in [0.2, 0.25) is 5.91 Å². The Morgan fingerprint density at radius 3 is 2.67 bits per heavy atom. The number of para-hydroxylation sites is 1. The zero-order valence-corrected chi connectivity index (χ0v) is 17.0. The van der Waals surface area contributed by atoms with Gasteiger partial charge in [-0.25, -0.2) is 9.18 Å². The van der Waals surface area contributed by atoms with Crippen molar-refractivity contribution >= 4 is 30.0 Å². The molecule has 27 heavy (non-hydrogen) atoms. The molecule has 0 saturated carbocycles. The zero-order chi connectivity index (χ0) is 19.3. The van der Waals surface area contributed by atoms with Crippen LogP contribution in [0.5, 0.6) is 0 Å². The second kappa shape index (κ2) is 9.90. The number of rotatable bonds is 5. The van der Waals surface area contributed by atoms with Crippen molar-refractivity contribution < 1.29 is 14.0 Å². The molecule has 1 saturated heterocycles. The van der Waals surface area contributed by atoms with Crippen LogP contribution in [-0.4, -0.2) is 55.0 Å². The van der Waals surface area contributed by atoms with Crippen LogP contribution in [0, 0.1) is 17.2 Å². The number of halogens is 2. The molecule has 0 aliphatic carbocycles. The largest absolute Gasteiger partial charge is 0.345 e. The third-order valence-electron chi connectivity index (χ3n) is 4.77. The molecule has 6 nitrogen and oxygen atoms in total. The summed E-state index contributed by atoms with van der Waals surface area (Å²) in [5.74, 6) is -0.696. The summed E-state index contributed by atoms with van der Waals surface area (Å²) in [6.45, 7) is 6.00. The number of anilines is 1. The van der Waals surface area contributed by atoms with Crippen LogP contribution in [-0.2, 0) is 4.79 Å². The first-order valence-corrected chi connectivity index (χ1v) is 8.99. The summed E-state index contributed by atoms with van der Waals surface area (Å²) >= 11 is 0. The second-order valence-corrected chi connectivity index (χ2v) is 7.76. The summed E-state index contributed by atoms with van der Waals surface area (Å²) in [7, 11) is 1.78. The molecule has 3 N–H and O–H groups in total. The first-order valence-electron chi connectivity index (χ1n) is 8.99. The normalized spacial score (nSPS) is 17.1. The molecule has 0 radical (unpaired) electrons. The number of carbonyl (C=O) groups is 2. The number of urea groups is 1. The Bertz CT molecular complexity index is 656. The smallest absolute Gasteiger partial charge is 0.321 e. The standard InChI is InChI=1S/C19H29FN4O2.ClH/c1-19(2,12-21)13-23(3)17(25)14-7-6-10-24(11-14)18(26)22-16-9-5-4-8-15(16)20;/h4-5,8-9,14H,6-7,10-13,21H2,1-3H3,(H,22,26);1H. The lowest BCUT2D eigenvalue weighted by molar-refractivity contribution is -0.136. The SMILES string of the molecule is CN(CC(C)(C)CN)C(=O)C1CCCN(C(=O)Nc2ccccc2F)C1.Cl. The van der Waals surface area contributed by atoms with Gasteiger partial charge in [-0.05, 0) is 36.9 Å². The number of nitrogens with one attached hydrogen (secondary N) is 1. The number of nitrogens with zero attached hydrogens (tertiary/aromatic N) is 2. The van der Waals surface area contributed by atoms with Crippen LogP contribution in [0.15, 0.2) is 24.3 Å². The van der Waals surface area contributed by atoms with Gasteiger partial charge in [0.15, 0.2) is 0 Å². The van der Waals surface area contributed by atoms with Crippen molar-refractivity contribution in [3.8, 4) is 0 Å². The number of benzene rings is 1. The molecule has 1 aliphatic heterocycles. The minimum atomic E-state index is -0.478. The zero-order valence-electron chi connectivity index (χ0n) is 16.2. The highest BCUT2D eigenvalue weighted by molar-refractivity contribution is 5.90. The molecule has 0 aromatic heterocycles. The van der Waals surface area contributed by atoms with E-state index in [-0.39, 0.29) is 41.4 Å². The Labute approximate surface area is 166 Å². The third-order valence-corrected chi connectivity index (χ3v) is 4.77. The molecular formula is C19H30ClFN4O2. The summed E-state index contributed by atoms with van der Waals surface area (Å²) in [5, 5.41) is 2.59. The molecule has 1 aliphatic rings. The predicted molar refractivity (Wildman–Crippen MR) is 107 cm³/mol. The van der Waals surface area contributed by atoms with Gasteiger partial charge in [0.05, 0.1) is 11.6 Å². The van der Waals surface area contributed by atoms with E-state index in [1.54, 1.807) is 29.0 Å². The van der Waals surface area contributed by atoms with Crippen LogP contribution >= 0.6 is 12.4 Å². The van der Waals surface area contributed by atoms with Crippen molar-refractivity contribution in [3.63, 3.8) is 0 Å². The van der Waals surface area contributed by atoms with Crippen molar-refractivity contribution in [3.05, 3.63) is 30.1 Å². The molecule has 1 aromatic rings. The van der Waals surface area contributed by atoms with Crippen LogP contribution in [0.2, 0.25) is 0 Å². The summed E-state index contributed by atoms with van der Waals surface area (Å²) in [5.41, 5.74) is 5.74. The highest BCUT2D eigenvalue weighted by Gasteiger charge is 2.32. The molecule has 1 heterocycles. The average molecular weight is 401 g/mol. The van der Waals surface area contributed by atoms with Gasteiger partial charge in [0.1, 0.15) is 5.82 Å². The maximum atomic E-state index is 13.7. The number of likely N-dealkylation sites (tertiary alicyclic amines) is 1. The average Bonchev–Trinajstić information content (AvgIpc) is 2.62. The molecule has 152 valence electrons. The van der Waals surface area contributed by atoms with E-state index < -0.39 is 5.82 Å². The van der Waals surface area contributed by atoms with Crippen LogP contribution in [0.1, 0.15) is 26.7 Å². The van der Waals surface area contributed by atoms with Crippen LogP contribution in [0.3, 0.4) is 0 Å². The molecule has 0 bridgehead atoms. The van der Waals surface area contributed by atoms with Gasteiger partial charge in [-0.3, -0.25) is 4.79 Å². The lowest BCUT2D eigenvalue weighted by atomic mass is 9.91. The first kappa shape index (κ1) is 23.2. The van der Waals surface area contributed by atoms with Crippen molar-refractivity contribution in [2.24, 2.45) is 17.1 Å². The lowest BCUT2D eigenvalue weighted by Crippen LogP contribution is -2.49. The maximum Gasteiger partial charge on any atom is 0.321 e. The number of hydrogen-bond acceptors (Lipinski definition) is 3. The fraction of sp³-hybridized carbons (Fsp3) is 0.579. The van der Waals surface area contributed by atoms with E-state index in [1.165, 1.54) is 12.1 Å². The van der Waals surface area contributed by atoms with E-state index in [0.29, 0.717) is 26.2 Å². The summed E-state index contributed by atoms with van der Waals surface area (Å²) in [4.78, 5) is 28.5. The van der Waals surface area contributed by atoms with Crippen LogP contribution in [0.4, 0.5) is 14.9 Å². The third kappa shape index (κ3) is 6.36. The van der Waals surface area contributed by atoms with Crippen molar-refractivity contribution in [2.45, 2.75) is 26.7 Å². The van der Waals surface area contributed by atoms with Gasteiger partial charge in [-0.15, -0.1) is 12.4 Å². The molecule has 8 heteroatoms. The number of piperidine rings is 1. The topological polar surface area (TPSA) is 78.7 Å². The molecule has 2 rings (SSSR count). The van der Waals surface area contributed by atoms with E-state index in [1.807, 2.05) is 13.8 Å². The van der Waals surface area contributed by atoms with Gasteiger partial charge in [0.25, 0.3) is 0 Å². The maximum absolute atomic E-state index is 13.7. The van der Waals surface area contributed by atoms with Crippen LogP contribution < -0.4 is 11.1 Å². The van der Waals surface area contributed by atoms with E-state index in [0.717, 1.165) is 12.8 Å². The van der Waals surface area contributed by atoms with Gasteiger partial charge in [-0.1, -0.05) is 26.0 Å². The Morgan fingerprint density at radius 2 is 2.04 bits per heavy atom. The van der Waals surface area contributed by atoms with Gasteiger partial charge < -0.3 is 20.9 Å². The van der Waals surface area contributed by atoms with Crippen LogP contribution in [0.25, 0.3) is 0 Å². The molecule has 1 fully saturated rings. The summed E-state index contributed by atoms with van der Waals surface area (Å²) in [6.07, 6.45) is 1.49. The Kier molecular flexibility index (Phi) is 8.50. The monoisotopic (exact) mass is 400 g/mol.